The summed E-state index contributed by atoms with van der Waals surface area (Å²) in [5, 5.41) is 11.6. The van der Waals surface area contributed by atoms with Gasteiger partial charge in [-0.15, -0.1) is 5.10 Å². The summed E-state index contributed by atoms with van der Waals surface area (Å²) in [5.74, 6) is -0.364. The SMILES string of the molecule is CCC(C)NC(=O)c1cc(-c2cnn(C(CC)c3ccc(OCC(F)(F)F)nc3)c2)cc2nc(N)nn12. The minimum Gasteiger partial charge on any atom is -0.468 e. The Labute approximate surface area is 210 Å². The number of carbonyl (C=O) groups excluding carboxylic acids is 1. The first kappa shape index (κ1) is 25.9. The van der Waals surface area contributed by atoms with Crippen molar-refractivity contribution in [2.75, 3.05) is 12.3 Å². The van der Waals surface area contributed by atoms with Gasteiger partial charge in [-0.3, -0.25) is 9.48 Å². The molecular formula is C24H27F3N8O2. The highest BCUT2D eigenvalue weighted by Gasteiger charge is 2.28. The summed E-state index contributed by atoms with van der Waals surface area (Å²) < 4.78 is 45.0. The number of carbonyl (C=O) groups is 1. The third-order valence-electron chi connectivity index (χ3n) is 5.84. The highest BCUT2D eigenvalue weighted by atomic mass is 19.4. The van der Waals surface area contributed by atoms with Crippen molar-refractivity contribution in [2.24, 2.45) is 0 Å². The Morgan fingerprint density at radius 1 is 1.16 bits per heavy atom. The summed E-state index contributed by atoms with van der Waals surface area (Å²) in [6.45, 7) is 4.44. The molecule has 3 N–H and O–H groups in total. The third-order valence-corrected chi connectivity index (χ3v) is 5.84. The first-order chi connectivity index (χ1) is 17.6. The van der Waals surface area contributed by atoms with Crippen LogP contribution in [0.15, 0.2) is 42.9 Å². The fraction of sp³-hybridized carbons (Fsp3) is 0.375. The molecule has 13 heteroatoms. The van der Waals surface area contributed by atoms with E-state index in [9.17, 15) is 18.0 Å². The van der Waals surface area contributed by atoms with E-state index < -0.39 is 12.8 Å². The van der Waals surface area contributed by atoms with Gasteiger partial charge in [0, 0.05) is 30.1 Å². The summed E-state index contributed by atoms with van der Waals surface area (Å²) in [6, 6.07) is 6.28. The molecule has 0 aliphatic carbocycles. The number of nitrogen functional groups attached to an aromatic ring is 1. The van der Waals surface area contributed by atoms with E-state index in [1.165, 1.54) is 16.8 Å². The lowest BCUT2D eigenvalue weighted by atomic mass is 10.1. The van der Waals surface area contributed by atoms with Gasteiger partial charge in [0.1, 0.15) is 5.69 Å². The van der Waals surface area contributed by atoms with Gasteiger partial charge in [-0.2, -0.15) is 23.3 Å². The summed E-state index contributed by atoms with van der Waals surface area (Å²) in [7, 11) is 0. The molecule has 10 nitrogen and oxygen atoms in total. The number of nitrogens with zero attached hydrogens (tertiary/aromatic N) is 6. The van der Waals surface area contributed by atoms with Crippen LogP contribution in [0.3, 0.4) is 0 Å². The standard InChI is InChI=1S/C24H27F3N8O2/c1-4-14(3)31-22(36)19-8-16(9-20-32-23(28)33-35(19)20)17-11-30-34(12-17)18(5-2)15-6-7-21(29-10-15)37-13-24(25,26)27/h6-12,14,18H,4-5,13H2,1-3H3,(H2,28,33)(H,31,36). The third kappa shape index (κ3) is 5.98. The van der Waals surface area contributed by atoms with Crippen LogP contribution in [0.5, 0.6) is 5.88 Å². The van der Waals surface area contributed by atoms with Crippen molar-refractivity contribution < 1.29 is 22.7 Å². The second-order valence-corrected chi connectivity index (χ2v) is 8.62. The van der Waals surface area contributed by atoms with Crippen LogP contribution >= 0.6 is 0 Å². The summed E-state index contributed by atoms with van der Waals surface area (Å²) >= 11 is 0. The lowest BCUT2D eigenvalue weighted by Gasteiger charge is -2.16. The van der Waals surface area contributed by atoms with E-state index in [-0.39, 0.29) is 35.5 Å². The molecule has 37 heavy (non-hydrogen) atoms. The number of pyridine rings is 2. The maximum atomic E-state index is 13.0. The van der Waals surface area contributed by atoms with Crippen LogP contribution in [-0.4, -0.2) is 54.1 Å². The topological polar surface area (TPSA) is 125 Å². The van der Waals surface area contributed by atoms with Crippen LogP contribution < -0.4 is 15.8 Å². The summed E-state index contributed by atoms with van der Waals surface area (Å²) in [4.78, 5) is 21.2. The minimum absolute atomic E-state index is 0.0287. The van der Waals surface area contributed by atoms with Gasteiger partial charge in [0.25, 0.3) is 5.91 Å². The molecule has 4 rings (SSSR count). The molecule has 4 aromatic heterocycles. The summed E-state index contributed by atoms with van der Waals surface area (Å²) in [6.07, 6.45) is 1.94. The molecule has 2 unspecified atom stereocenters. The van der Waals surface area contributed by atoms with E-state index >= 15 is 0 Å². The number of nitrogens with two attached hydrogens (primary N) is 1. The molecule has 0 saturated carbocycles. The second-order valence-electron chi connectivity index (χ2n) is 8.62. The average Bonchev–Trinajstić information content (AvgIpc) is 3.49. The molecule has 1 amide bonds. The number of ether oxygens (including phenoxy) is 1. The van der Waals surface area contributed by atoms with Gasteiger partial charge < -0.3 is 15.8 Å². The number of rotatable bonds is 9. The smallest absolute Gasteiger partial charge is 0.422 e. The highest BCUT2D eigenvalue weighted by Crippen LogP contribution is 2.27. The zero-order valence-electron chi connectivity index (χ0n) is 20.5. The minimum atomic E-state index is -4.44. The molecule has 0 aromatic carbocycles. The number of halogens is 3. The summed E-state index contributed by atoms with van der Waals surface area (Å²) in [5.41, 5.74) is 8.69. The Morgan fingerprint density at radius 3 is 2.59 bits per heavy atom. The van der Waals surface area contributed by atoms with Crippen molar-refractivity contribution in [2.45, 2.75) is 51.9 Å². The molecule has 0 saturated heterocycles. The lowest BCUT2D eigenvalue weighted by Crippen LogP contribution is -2.33. The molecular weight excluding hydrogens is 489 g/mol. The van der Waals surface area contributed by atoms with Gasteiger partial charge in [-0.1, -0.05) is 13.8 Å². The van der Waals surface area contributed by atoms with Gasteiger partial charge in [0.05, 0.1) is 12.2 Å². The molecule has 0 fully saturated rings. The van der Waals surface area contributed by atoms with Crippen LogP contribution in [0, 0.1) is 0 Å². The van der Waals surface area contributed by atoms with Crippen molar-refractivity contribution >= 4 is 17.5 Å². The molecule has 4 aromatic rings. The van der Waals surface area contributed by atoms with Gasteiger partial charge >= 0.3 is 6.18 Å². The maximum Gasteiger partial charge on any atom is 0.422 e. The van der Waals surface area contributed by atoms with E-state index in [0.29, 0.717) is 17.6 Å². The Kier molecular flexibility index (Phi) is 7.32. The monoisotopic (exact) mass is 516 g/mol. The molecule has 0 aliphatic heterocycles. The predicted molar refractivity (Wildman–Crippen MR) is 130 cm³/mol. The number of fused-ring (bicyclic) bond motifs is 1. The van der Waals surface area contributed by atoms with E-state index in [4.69, 9.17) is 10.5 Å². The Morgan fingerprint density at radius 2 is 1.95 bits per heavy atom. The quantitative estimate of drug-likeness (QED) is 0.344. The fourth-order valence-electron chi connectivity index (χ4n) is 3.79. The molecule has 2 atom stereocenters. The number of aromatic nitrogens is 6. The van der Waals surface area contributed by atoms with Gasteiger partial charge in [-0.05, 0) is 49.1 Å². The first-order valence-electron chi connectivity index (χ1n) is 11.7. The average molecular weight is 517 g/mol. The number of hydrogen-bond acceptors (Lipinski definition) is 7. The number of alkyl halides is 3. The Bertz CT molecular complexity index is 1380. The zero-order chi connectivity index (χ0) is 26.7. The molecule has 4 heterocycles. The predicted octanol–water partition coefficient (Wildman–Crippen LogP) is 4.04. The van der Waals surface area contributed by atoms with E-state index in [0.717, 1.165) is 17.5 Å². The molecule has 0 bridgehead atoms. The van der Waals surface area contributed by atoms with Crippen LogP contribution in [0.1, 0.15) is 55.7 Å². The molecule has 0 radical (unpaired) electrons. The van der Waals surface area contributed by atoms with Crippen molar-refractivity contribution in [3.63, 3.8) is 0 Å². The number of amides is 1. The normalized spacial score (nSPS) is 13.5. The number of anilines is 1. The second kappa shape index (κ2) is 10.4. The Hall–Kier alpha value is -4.16. The molecule has 0 spiro atoms. The van der Waals surface area contributed by atoms with Gasteiger partial charge in [0.15, 0.2) is 12.3 Å². The largest absolute Gasteiger partial charge is 0.468 e. The van der Waals surface area contributed by atoms with Gasteiger partial charge in [-0.25, -0.2) is 9.50 Å². The van der Waals surface area contributed by atoms with E-state index in [1.807, 2.05) is 27.0 Å². The van der Waals surface area contributed by atoms with Crippen molar-refractivity contribution in [1.29, 1.82) is 0 Å². The maximum absolute atomic E-state index is 13.0. The fourth-order valence-corrected chi connectivity index (χ4v) is 3.79. The van der Waals surface area contributed by atoms with Crippen molar-refractivity contribution in [3.8, 4) is 17.0 Å². The molecule has 0 aliphatic rings. The first-order valence-corrected chi connectivity index (χ1v) is 11.7. The molecule has 196 valence electrons. The highest BCUT2D eigenvalue weighted by molar-refractivity contribution is 5.95. The number of nitrogens with one attached hydrogen (secondary N) is 1. The van der Waals surface area contributed by atoms with Crippen LogP contribution in [-0.2, 0) is 0 Å². The van der Waals surface area contributed by atoms with Crippen LogP contribution in [0.25, 0.3) is 16.8 Å². The van der Waals surface area contributed by atoms with Crippen molar-refractivity contribution in [3.05, 3.63) is 54.1 Å². The number of hydrogen-bond donors (Lipinski definition) is 2. The van der Waals surface area contributed by atoms with Crippen LogP contribution in [0.2, 0.25) is 0 Å². The van der Waals surface area contributed by atoms with Gasteiger partial charge in [0.2, 0.25) is 11.8 Å². The Balaban J connectivity index is 1.62. The zero-order valence-corrected chi connectivity index (χ0v) is 20.5. The van der Waals surface area contributed by atoms with E-state index in [1.54, 1.807) is 29.1 Å². The lowest BCUT2D eigenvalue weighted by molar-refractivity contribution is -0.154. The van der Waals surface area contributed by atoms with Crippen molar-refractivity contribution in [1.82, 2.24) is 34.7 Å². The van der Waals surface area contributed by atoms with Crippen LogP contribution in [0.4, 0.5) is 19.1 Å². The van der Waals surface area contributed by atoms with E-state index in [2.05, 4.69) is 25.5 Å².